The minimum atomic E-state index is -0.0940. The highest BCUT2D eigenvalue weighted by Crippen LogP contribution is 2.16. The summed E-state index contributed by atoms with van der Waals surface area (Å²) in [6.45, 7) is 5.11. The maximum atomic E-state index is 11.7. The van der Waals surface area contributed by atoms with Crippen molar-refractivity contribution in [1.82, 2.24) is 5.32 Å². The summed E-state index contributed by atoms with van der Waals surface area (Å²) in [7, 11) is 1.61. The van der Waals surface area contributed by atoms with Crippen molar-refractivity contribution in [2.75, 3.05) is 26.9 Å². The van der Waals surface area contributed by atoms with Crippen LogP contribution in [0, 0.1) is 6.92 Å². The molecular weight excluding hydrogens is 242 g/mol. The van der Waals surface area contributed by atoms with Crippen LogP contribution in [-0.2, 0) is 14.3 Å². The van der Waals surface area contributed by atoms with Gasteiger partial charge < -0.3 is 14.8 Å². The third kappa shape index (κ3) is 5.85. The number of ether oxygens (including phenoxy) is 2. The predicted octanol–water partition coefficient (Wildman–Crippen LogP) is 2.23. The van der Waals surface area contributed by atoms with Crippen molar-refractivity contribution in [1.29, 1.82) is 0 Å². The second-order valence-electron chi connectivity index (χ2n) is 4.48. The van der Waals surface area contributed by atoms with Gasteiger partial charge in [-0.25, -0.2) is 0 Å². The Bertz CT molecular complexity index is 375. The zero-order valence-electron chi connectivity index (χ0n) is 11.9. The van der Waals surface area contributed by atoms with E-state index in [4.69, 9.17) is 9.47 Å². The highest BCUT2D eigenvalue weighted by atomic mass is 16.5. The Kier molecular flexibility index (Phi) is 7.15. The van der Waals surface area contributed by atoms with Gasteiger partial charge in [0.1, 0.15) is 6.61 Å². The van der Waals surface area contributed by atoms with Crippen LogP contribution in [0.4, 0.5) is 0 Å². The molecule has 4 nitrogen and oxygen atoms in total. The van der Waals surface area contributed by atoms with Crippen LogP contribution in [0.1, 0.15) is 30.5 Å². The lowest BCUT2D eigenvalue weighted by Crippen LogP contribution is -2.31. The summed E-state index contributed by atoms with van der Waals surface area (Å²) in [4.78, 5) is 11.7. The maximum Gasteiger partial charge on any atom is 0.246 e. The van der Waals surface area contributed by atoms with E-state index >= 15 is 0 Å². The minimum Gasteiger partial charge on any atom is -0.382 e. The van der Waals surface area contributed by atoms with E-state index in [1.165, 1.54) is 5.56 Å². The van der Waals surface area contributed by atoms with Crippen LogP contribution in [0.5, 0.6) is 0 Å². The molecular formula is C15H23NO3. The highest BCUT2D eigenvalue weighted by Gasteiger charge is 2.12. The smallest absolute Gasteiger partial charge is 0.246 e. The first-order valence-electron chi connectivity index (χ1n) is 6.60. The molecule has 0 spiro atoms. The molecule has 1 amide bonds. The monoisotopic (exact) mass is 265 g/mol. The molecule has 0 saturated carbocycles. The van der Waals surface area contributed by atoms with E-state index in [-0.39, 0.29) is 18.6 Å². The van der Waals surface area contributed by atoms with E-state index < -0.39 is 0 Å². The molecule has 0 heterocycles. The van der Waals surface area contributed by atoms with Gasteiger partial charge in [0.25, 0.3) is 0 Å². The van der Waals surface area contributed by atoms with E-state index in [2.05, 4.69) is 36.5 Å². The van der Waals surface area contributed by atoms with Crippen molar-refractivity contribution in [2.24, 2.45) is 0 Å². The predicted molar refractivity (Wildman–Crippen MR) is 75.0 cm³/mol. The topological polar surface area (TPSA) is 47.6 Å². The van der Waals surface area contributed by atoms with Crippen molar-refractivity contribution in [3.8, 4) is 0 Å². The van der Waals surface area contributed by atoms with Crippen LogP contribution in [0.2, 0.25) is 0 Å². The third-order valence-electron chi connectivity index (χ3n) is 2.89. The van der Waals surface area contributed by atoms with Gasteiger partial charge >= 0.3 is 0 Å². The average Bonchev–Trinajstić information content (AvgIpc) is 2.42. The number of benzene rings is 1. The lowest BCUT2D eigenvalue weighted by molar-refractivity contribution is -0.126. The summed E-state index contributed by atoms with van der Waals surface area (Å²) in [5.41, 5.74) is 2.34. The van der Waals surface area contributed by atoms with E-state index in [0.717, 1.165) is 12.0 Å². The number of hydrogen-bond acceptors (Lipinski definition) is 3. The summed E-state index contributed by atoms with van der Waals surface area (Å²) in [5, 5.41) is 2.97. The third-order valence-corrected chi connectivity index (χ3v) is 2.89. The number of rotatable bonds is 8. The second kappa shape index (κ2) is 8.67. The molecule has 0 saturated heterocycles. The van der Waals surface area contributed by atoms with Crippen molar-refractivity contribution < 1.29 is 14.3 Å². The Morgan fingerprint density at radius 1 is 1.26 bits per heavy atom. The van der Waals surface area contributed by atoms with Crippen molar-refractivity contribution in [3.05, 3.63) is 35.4 Å². The number of amides is 1. The Morgan fingerprint density at radius 3 is 2.53 bits per heavy atom. The summed E-state index contributed by atoms with van der Waals surface area (Å²) < 4.78 is 10.0. The molecule has 0 aliphatic rings. The number of methoxy groups -OCH3 is 1. The number of nitrogens with one attached hydrogen (secondary N) is 1. The summed E-state index contributed by atoms with van der Waals surface area (Å²) in [6, 6.07) is 8.25. The van der Waals surface area contributed by atoms with E-state index in [1.807, 2.05) is 6.92 Å². The van der Waals surface area contributed by atoms with Crippen LogP contribution in [0.25, 0.3) is 0 Å². The molecule has 1 aromatic carbocycles. The number of aryl methyl sites for hydroxylation is 1. The van der Waals surface area contributed by atoms with Crippen LogP contribution in [0.3, 0.4) is 0 Å². The largest absolute Gasteiger partial charge is 0.382 e. The summed E-state index contributed by atoms with van der Waals surface area (Å²) in [5.74, 6) is -0.0940. The Hall–Kier alpha value is -1.39. The lowest BCUT2D eigenvalue weighted by Gasteiger charge is -2.17. The van der Waals surface area contributed by atoms with Crippen LogP contribution < -0.4 is 5.32 Å². The molecule has 1 unspecified atom stereocenters. The van der Waals surface area contributed by atoms with Gasteiger partial charge in [-0.1, -0.05) is 36.8 Å². The van der Waals surface area contributed by atoms with Gasteiger partial charge in [0.15, 0.2) is 0 Å². The molecule has 1 rings (SSSR count). The fourth-order valence-electron chi connectivity index (χ4n) is 1.76. The molecule has 0 fully saturated rings. The minimum absolute atomic E-state index is 0.0409. The molecule has 1 N–H and O–H groups in total. The van der Waals surface area contributed by atoms with Crippen molar-refractivity contribution >= 4 is 5.91 Å². The molecule has 106 valence electrons. The van der Waals surface area contributed by atoms with Gasteiger partial charge in [-0.2, -0.15) is 0 Å². The van der Waals surface area contributed by atoms with Gasteiger partial charge in [0.05, 0.1) is 19.3 Å². The van der Waals surface area contributed by atoms with Gasteiger partial charge in [-0.3, -0.25) is 4.79 Å². The summed E-state index contributed by atoms with van der Waals surface area (Å²) in [6.07, 6.45) is 0.854. The van der Waals surface area contributed by atoms with Gasteiger partial charge in [-0.05, 0) is 18.9 Å². The fourth-order valence-corrected chi connectivity index (χ4v) is 1.76. The Balaban J connectivity index is 2.43. The molecule has 0 aromatic heterocycles. The first-order valence-corrected chi connectivity index (χ1v) is 6.60. The van der Waals surface area contributed by atoms with E-state index in [9.17, 15) is 4.79 Å². The molecule has 1 aromatic rings. The Labute approximate surface area is 115 Å². The molecule has 0 radical (unpaired) electrons. The average molecular weight is 265 g/mol. The van der Waals surface area contributed by atoms with Crippen molar-refractivity contribution in [2.45, 2.75) is 26.3 Å². The van der Waals surface area contributed by atoms with Crippen LogP contribution in [0.15, 0.2) is 24.3 Å². The van der Waals surface area contributed by atoms with E-state index in [1.54, 1.807) is 7.11 Å². The zero-order valence-corrected chi connectivity index (χ0v) is 11.9. The molecule has 0 bridgehead atoms. The van der Waals surface area contributed by atoms with Gasteiger partial charge in [0, 0.05) is 7.11 Å². The SMILES string of the molecule is CCC(NC(=O)COCCOC)c1ccc(C)cc1. The second-order valence-corrected chi connectivity index (χ2v) is 4.48. The Morgan fingerprint density at radius 2 is 1.95 bits per heavy atom. The molecule has 0 aliphatic heterocycles. The van der Waals surface area contributed by atoms with Gasteiger partial charge in [0.2, 0.25) is 5.91 Å². The molecule has 0 aliphatic carbocycles. The van der Waals surface area contributed by atoms with Crippen LogP contribution >= 0.6 is 0 Å². The quantitative estimate of drug-likeness (QED) is 0.733. The molecule has 19 heavy (non-hydrogen) atoms. The first kappa shape index (κ1) is 15.7. The summed E-state index contributed by atoms with van der Waals surface area (Å²) >= 11 is 0. The fraction of sp³-hybridized carbons (Fsp3) is 0.533. The molecule has 4 heteroatoms. The lowest BCUT2D eigenvalue weighted by atomic mass is 10.0. The first-order chi connectivity index (χ1) is 9.17. The number of hydrogen-bond donors (Lipinski definition) is 1. The highest BCUT2D eigenvalue weighted by molar-refractivity contribution is 5.77. The zero-order chi connectivity index (χ0) is 14.1. The van der Waals surface area contributed by atoms with E-state index in [0.29, 0.717) is 13.2 Å². The van der Waals surface area contributed by atoms with Gasteiger partial charge in [-0.15, -0.1) is 0 Å². The molecule has 1 atom stereocenters. The standard InChI is InChI=1S/C15H23NO3/c1-4-14(13-7-5-12(2)6-8-13)16-15(17)11-19-10-9-18-3/h5-8,14H,4,9-11H2,1-3H3,(H,16,17). The van der Waals surface area contributed by atoms with Crippen molar-refractivity contribution in [3.63, 3.8) is 0 Å². The van der Waals surface area contributed by atoms with Crippen LogP contribution in [-0.4, -0.2) is 32.8 Å². The maximum absolute atomic E-state index is 11.7. The number of carbonyl (C=O) groups excluding carboxylic acids is 1. The number of carbonyl (C=O) groups is 1. The normalized spacial score (nSPS) is 12.2.